The van der Waals surface area contributed by atoms with Gasteiger partial charge in [0.05, 0.1) is 14.2 Å². The zero-order chi connectivity index (χ0) is 33.3. The van der Waals surface area contributed by atoms with Crippen molar-refractivity contribution in [2.24, 2.45) is 0 Å². The van der Waals surface area contributed by atoms with Crippen LogP contribution in [0.25, 0.3) is 0 Å². The minimum absolute atomic E-state index is 0. The van der Waals surface area contributed by atoms with Crippen LogP contribution in [-0.2, 0) is 13.1 Å². The molecule has 7 heteroatoms. The number of nitrogens with one attached hydrogen (secondary N) is 4. The molecule has 48 heavy (non-hydrogen) atoms. The summed E-state index contributed by atoms with van der Waals surface area (Å²) in [6, 6.07) is 16.5. The Morgan fingerprint density at radius 1 is 0.354 bits per heavy atom. The van der Waals surface area contributed by atoms with Crippen LogP contribution in [0.4, 0.5) is 0 Å². The highest BCUT2D eigenvalue weighted by atomic mass is 35.5. The molecule has 0 aliphatic carbocycles. The minimum Gasteiger partial charge on any atom is -0.496 e. The molecule has 0 radical (unpaired) electrons. The van der Waals surface area contributed by atoms with E-state index in [0.29, 0.717) is 0 Å². The third kappa shape index (κ3) is 24.3. The Bertz CT molecular complexity index is 888. The van der Waals surface area contributed by atoms with Crippen LogP contribution in [0.3, 0.4) is 0 Å². The van der Waals surface area contributed by atoms with Gasteiger partial charge in [-0.3, -0.25) is 0 Å². The van der Waals surface area contributed by atoms with Crippen LogP contribution in [0, 0.1) is 0 Å². The lowest BCUT2D eigenvalue weighted by molar-refractivity contribution is 0.407. The Morgan fingerprint density at radius 2 is 0.604 bits per heavy atom. The first-order valence-corrected chi connectivity index (χ1v) is 19.4. The molecule has 2 aromatic rings. The average Bonchev–Trinajstić information content (AvgIpc) is 3.11. The number of benzene rings is 2. The molecule has 0 saturated carbocycles. The summed E-state index contributed by atoms with van der Waals surface area (Å²) in [5.74, 6) is 1.96. The zero-order valence-electron chi connectivity index (χ0n) is 30.9. The number of rotatable bonds is 34. The first-order valence-electron chi connectivity index (χ1n) is 19.4. The normalized spacial score (nSPS) is 11.0. The van der Waals surface area contributed by atoms with Crippen molar-refractivity contribution in [3.63, 3.8) is 0 Å². The summed E-state index contributed by atoms with van der Waals surface area (Å²) < 4.78 is 10.8. The molecule has 0 fully saturated rings. The third-order valence-electron chi connectivity index (χ3n) is 9.14. The van der Waals surface area contributed by atoms with Crippen LogP contribution >= 0.6 is 12.4 Å². The average molecular weight is 690 g/mol. The lowest BCUT2D eigenvalue weighted by Gasteiger charge is -2.09. The van der Waals surface area contributed by atoms with Crippen molar-refractivity contribution in [1.29, 1.82) is 0 Å². The molecule has 0 bridgehead atoms. The van der Waals surface area contributed by atoms with E-state index in [1.165, 1.54) is 159 Å². The van der Waals surface area contributed by atoms with E-state index < -0.39 is 0 Å². The fraction of sp³-hybridized carbons (Fsp3) is 0.707. The van der Waals surface area contributed by atoms with E-state index in [4.69, 9.17) is 9.47 Å². The topological polar surface area (TPSA) is 66.6 Å². The molecule has 276 valence electrons. The molecule has 0 aliphatic heterocycles. The molecule has 2 rings (SSSR count). The van der Waals surface area contributed by atoms with Crippen molar-refractivity contribution >= 4 is 12.4 Å². The van der Waals surface area contributed by atoms with E-state index >= 15 is 0 Å². The highest BCUT2D eigenvalue weighted by Gasteiger charge is 2.02. The Hall–Kier alpha value is -1.83. The SMILES string of the molecule is COc1ccccc1CNCCCCCCNCCCCCCCCCCCCCNCCCCCCNCc1ccccc1OC.Cl. The van der Waals surface area contributed by atoms with Gasteiger partial charge in [0, 0.05) is 24.2 Å². The predicted molar refractivity (Wildman–Crippen MR) is 210 cm³/mol. The van der Waals surface area contributed by atoms with Gasteiger partial charge in [0.2, 0.25) is 0 Å². The van der Waals surface area contributed by atoms with Gasteiger partial charge in [-0.2, -0.15) is 0 Å². The Labute approximate surface area is 302 Å². The van der Waals surface area contributed by atoms with Gasteiger partial charge in [-0.1, -0.05) is 120 Å². The highest BCUT2D eigenvalue weighted by molar-refractivity contribution is 5.85. The summed E-state index contributed by atoms with van der Waals surface area (Å²) >= 11 is 0. The number of hydrogen-bond donors (Lipinski definition) is 4. The summed E-state index contributed by atoms with van der Waals surface area (Å²) in [5, 5.41) is 14.4. The van der Waals surface area contributed by atoms with Crippen molar-refractivity contribution < 1.29 is 9.47 Å². The Morgan fingerprint density at radius 3 is 0.896 bits per heavy atom. The number of methoxy groups -OCH3 is 2. The largest absolute Gasteiger partial charge is 0.496 e. The third-order valence-corrected chi connectivity index (χ3v) is 9.14. The second-order valence-electron chi connectivity index (χ2n) is 13.2. The second kappa shape index (κ2) is 33.7. The summed E-state index contributed by atoms with van der Waals surface area (Å²) in [7, 11) is 3.49. The first-order chi connectivity index (χ1) is 23.3. The quantitative estimate of drug-likeness (QED) is 0.0550. The highest BCUT2D eigenvalue weighted by Crippen LogP contribution is 2.18. The summed E-state index contributed by atoms with van der Waals surface area (Å²) in [4.78, 5) is 0. The van der Waals surface area contributed by atoms with Gasteiger partial charge in [0.15, 0.2) is 0 Å². The smallest absolute Gasteiger partial charge is 0.123 e. The van der Waals surface area contributed by atoms with Crippen molar-refractivity contribution in [1.82, 2.24) is 21.3 Å². The Balaban J connectivity index is 0.0000115. The molecule has 0 aromatic heterocycles. The van der Waals surface area contributed by atoms with Crippen molar-refractivity contribution in [3.8, 4) is 11.5 Å². The maximum Gasteiger partial charge on any atom is 0.123 e. The molecule has 0 amide bonds. The fourth-order valence-corrected chi connectivity index (χ4v) is 6.19. The van der Waals surface area contributed by atoms with Crippen molar-refractivity contribution in [3.05, 3.63) is 59.7 Å². The first kappa shape index (κ1) is 44.2. The van der Waals surface area contributed by atoms with E-state index in [-0.39, 0.29) is 12.4 Å². The maximum absolute atomic E-state index is 5.42. The van der Waals surface area contributed by atoms with Crippen molar-refractivity contribution in [2.75, 3.05) is 53.5 Å². The number of para-hydroxylation sites is 2. The van der Waals surface area contributed by atoms with Gasteiger partial charge >= 0.3 is 0 Å². The molecular weight excluding hydrogens is 616 g/mol. The molecule has 0 spiro atoms. The van der Waals surface area contributed by atoms with E-state index in [0.717, 1.165) is 37.7 Å². The summed E-state index contributed by atoms with van der Waals surface area (Å²) in [5.41, 5.74) is 2.48. The Kier molecular flexibility index (Phi) is 31.0. The molecule has 0 saturated heterocycles. The lowest BCUT2D eigenvalue weighted by Crippen LogP contribution is -2.17. The maximum atomic E-state index is 5.42. The molecule has 0 atom stereocenters. The van der Waals surface area contributed by atoms with Crippen LogP contribution in [0.15, 0.2) is 48.5 Å². The van der Waals surface area contributed by atoms with E-state index in [1.54, 1.807) is 14.2 Å². The molecule has 0 heterocycles. The number of halogens is 1. The lowest BCUT2D eigenvalue weighted by atomic mass is 10.1. The molecule has 0 aliphatic rings. The van der Waals surface area contributed by atoms with Crippen LogP contribution < -0.4 is 30.7 Å². The molecule has 4 N–H and O–H groups in total. The van der Waals surface area contributed by atoms with Crippen LogP contribution in [0.5, 0.6) is 11.5 Å². The summed E-state index contributed by atoms with van der Waals surface area (Å²) in [6.45, 7) is 8.68. The van der Waals surface area contributed by atoms with Gasteiger partial charge in [0.1, 0.15) is 11.5 Å². The van der Waals surface area contributed by atoms with Gasteiger partial charge < -0.3 is 30.7 Å². The molecule has 0 unspecified atom stereocenters. The zero-order valence-corrected chi connectivity index (χ0v) is 31.8. The van der Waals surface area contributed by atoms with Crippen LogP contribution in [-0.4, -0.2) is 53.5 Å². The molecular formula is C41H73ClN4O2. The number of ether oxygens (including phenoxy) is 2. The number of unbranched alkanes of at least 4 members (excludes halogenated alkanes) is 16. The summed E-state index contributed by atoms with van der Waals surface area (Å²) in [6.07, 6.45) is 25.8. The monoisotopic (exact) mass is 689 g/mol. The van der Waals surface area contributed by atoms with Gasteiger partial charge in [-0.25, -0.2) is 0 Å². The number of hydrogen-bond acceptors (Lipinski definition) is 6. The van der Waals surface area contributed by atoms with E-state index in [2.05, 4.69) is 45.5 Å². The fourth-order valence-electron chi connectivity index (χ4n) is 6.19. The van der Waals surface area contributed by atoms with E-state index in [9.17, 15) is 0 Å². The second-order valence-corrected chi connectivity index (χ2v) is 13.2. The predicted octanol–water partition coefficient (Wildman–Crippen LogP) is 9.60. The van der Waals surface area contributed by atoms with Gasteiger partial charge in [-0.05, 0) is 89.9 Å². The minimum atomic E-state index is 0. The van der Waals surface area contributed by atoms with Crippen LogP contribution in [0.1, 0.15) is 133 Å². The van der Waals surface area contributed by atoms with Crippen LogP contribution in [0.2, 0.25) is 0 Å². The van der Waals surface area contributed by atoms with Gasteiger partial charge in [-0.15, -0.1) is 12.4 Å². The van der Waals surface area contributed by atoms with Crippen molar-refractivity contribution in [2.45, 2.75) is 135 Å². The van der Waals surface area contributed by atoms with E-state index in [1.807, 2.05) is 24.3 Å². The van der Waals surface area contributed by atoms with Gasteiger partial charge in [0.25, 0.3) is 0 Å². The molecule has 2 aromatic carbocycles. The standard InChI is InChI=1S/C41H72N4O2.ClH/c1-46-40-28-18-16-26-38(40)36-44-34-24-14-12-22-32-42-30-20-10-8-6-4-3-5-7-9-11-21-31-43-33-23-13-15-25-35-45-37-39-27-17-19-29-41(39)47-2;/h16-19,26-29,42-45H,3-15,20-25,30-37H2,1-2H3;1H. The molecule has 6 nitrogen and oxygen atoms in total.